The number of carbonyl (C=O) groups is 1. The number of aliphatic hydroxyl groups is 1. The first kappa shape index (κ1) is 13.7. The van der Waals surface area contributed by atoms with E-state index in [4.69, 9.17) is 0 Å². The van der Waals surface area contributed by atoms with E-state index >= 15 is 0 Å². The number of aliphatic hydroxyl groups excluding tert-OH is 1. The summed E-state index contributed by atoms with van der Waals surface area (Å²) in [4.78, 5) is 14.0. The van der Waals surface area contributed by atoms with Crippen molar-refractivity contribution in [2.24, 2.45) is 5.92 Å². The Balaban J connectivity index is 0.00000128. The van der Waals surface area contributed by atoms with Gasteiger partial charge in [0, 0.05) is 19.6 Å². The van der Waals surface area contributed by atoms with Crippen LogP contribution in [0, 0.1) is 5.92 Å². The van der Waals surface area contributed by atoms with Crippen molar-refractivity contribution in [1.29, 1.82) is 0 Å². The fourth-order valence-corrected chi connectivity index (χ4v) is 2.41. The second-order valence-corrected chi connectivity index (χ2v) is 4.60. The number of hydrogen-bond acceptors (Lipinski definition) is 3. The molecule has 0 spiro atoms. The van der Waals surface area contributed by atoms with Crippen LogP contribution in [0.5, 0.6) is 0 Å². The molecule has 2 heterocycles. The van der Waals surface area contributed by atoms with Gasteiger partial charge in [0.2, 0.25) is 5.91 Å². The molecule has 4 nitrogen and oxygen atoms in total. The van der Waals surface area contributed by atoms with Gasteiger partial charge in [-0.3, -0.25) is 4.79 Å². The van der Waals surface area contributed by atoms with Crippen LogP contribution in [-0.4, -0.2) is 48.2 Å². The second kappa shape index (κ2) is 6.42. The Morgan fingerprint density at radius 1 is 1.25 bits per heavy atom. The molecule has 1 atom stereocenters. The number of hydrogen-bond donors (Lipinski definition) is 2. The monoisotopic (exact) mass is 248 g/mol. The average Bonchev–Trinajstić information content (AvgIpc) is 2.30. The maximum Gasteiger partial charge on any atom is 0.226 e. The van der Waals surface area contributed by atoms with Gasteiger partial charge in [-0.05, 0) is 32.2 Å². The van der Waals surface area contributed by atoms with E-state index in [0.29, 0.717) is 0 Å². The van der Waals surface area contributed by atoms with Crippen molar-refractivity contribution < 1.29 is 9.90 Å². The highest BCUT2D eigenvalue weighted by molar-refractivity contribution is 5.85. The third-order valence-electron chi connectivity index (χ3n) is 3.42. The number of halogens is 1. The molecule has 0 aromatic rings. The van der Waals surface area contributed by atoms with E-state index in [9.17, 15) is 9.90 Å². The number of nitrogens with zero attached hydrogens (tertiary/aromatic N) is 1. The molecule has 0 aromatic heterocycles. The first-order chi connectivity index (χ1) is 7.27. The molecule has 2 aliphatic rings. The van der Waals surface area contributed by atoms with E-state index in [1.807, 2.05) is 4.90 Å². The van der Waals surface area contributed by atoms with Crippen molar-refractivity contribution in [3.05, 3.63) is 0 Å². The van der Waals surface area contributed by atoms with Crippen molar-refractivity contribution in [3.63, 3.8) is 0 Å². The lowest BCUT2D eigenvalue weighted by molar-refractivity contribution is -0.138. The van der Waals surface area contributed by atoms with Crippen LogP contribution in [0.1, 0.15) is 25.7 Å². The van der Waals surface area contributed by atoms with Crippen molar-refractivity contribution in [2.45, 2.75) is 31.8 Å². The fourth-order valence-electron chi connectivity index (χ4n) is 2.41. The molecule has 1 amide bonds. The highest BCUT2D eigenvalue weighted by atomic mass is 35.5. The van der Waals surface area contributed by atoms with E-state index in [1.54, 1.807) is 0 Å². The molecule has 2 N–H and O–H groups in total. The first-order valence-corrected chi connectivity index (χ1v) is 5.95. The smallest absolute Gasteiger partial charge is 0.226 e. The molecular formula is C11H21ClN2O2. The largest absolute Gasteiger partial charge is 0.393 e. The molecule has 2 saturated heterocycles. The van der Waals surface area contributed by atoms with Crippen LogP contribution in [-0.2, 0) is 4.79 Å². The Labute approximate surface area is 103 Å². The minimum Gasteiger partial charge on any atom is -0.393 e. The molecule has 16 heavy (non-hydrogen) atoms. The molecule has 0 saturated carbocycles. The normalized spacial score (nSPS) is 27.3. The maximum atomic E-state index is 12.1. The molecule has 0 bridgehead atoms. The summed E-state index contributed by atoms with van der Waals surface area (Å²) in [7, 11) is 0. The zero-order valence-corrected chi connectivity index (χ0v) is 10.3. The van der Waals surface area contributed by atoms with Crippen LogP contribution < -0.4 is 5.32 Å². The van der Waals surface area contributed by atoms with E-state index in [1.165, 1.54) is 0 Å². The fraction of sp³-hybridized carbons (Fsp3) is 0.909. The van der Waals surface area contributed by atoms with Crippen molar-refractivity contribution in [3.8, 4) is 0 Å². The van der Waals surface area contributed by atoms with Gasteiger partial charge in [0.25, 0.3) is 0 Å². The minimum atomic E-state index is -0.196. The predicted octanol–water partition coefficient (Wildman–Crippen LogP) is 0.391. The van der Waals surface area contributed by atoms with Gasteiger partial charge in [0.1, 0.15) is 0 Å². The van der Waals surface area contributed by atoms with E-state index in [2.05, 4.69) is 5.32 Å². The number of nitrogens with one attached hydrogen (secondary N) is 1. The Hall–Kier alpha value is -0.320. The third-order valence-corrected chi connectivity index (χ3v) is 3.42. The van der Waals surface area contributed by atoms with E-state index < -0.39 is 0 Å². The van der Waals surface area contributed by atoms with E-state index in [0.717, 1.165) is 51.9 Å². The number of rotatable bonds is 1. The third kappa shape index (κ3) is 3.34. The van der Waals surface area contributed by atoms with Crippen molar-refractivity contribution in [2.75, 3.05) is 26.2 Å². The van der Waals surface area contributed by atoms with Crippen LogP contribution in [0.25, 0.3) is 0 Å². The summed E-state index contributed by atoms with van der Waals surface area (Å²) < 4.78 is 0. The van der Waals surface area contributed by atoms with Crippen LogP contribution in [0.15, 0.2) is 0 Å². The Kier molecular flexibility index (Phi) is 5.52. The number of piperidine rings is 2. The van der Waals surface area contributed by atoms with Crippen molar-refractivity contribution in [1.82, 2.24) is 10.2 Å². The molecule has 2 rings (SSSR count). The Morgan fingerprint density at radius 2 is 1.94 bits per heavy atom. The van der Waals surface area contributed by atoms with Gasteiger partial charge in [-0.25, -0.2) is 0 Å². The van der Waals surface area contributed by atoms with Crippen molar-refractivity contribution >= 4 is 18.3 Å². The van der Waals surface area contributed by atoms with Gasteiger partial charge in [0.05, 0.1) is 12.0 Å². The molecule has 0 aliphatic carbocycles. The van der Waals surface area contributed by atoms with Gasteiger partial charge >= 0.3 is 0 Å². The number of amides is 1. The second-order valence-electron chi connectivity index (χ2n) is 4.60. The SMILES string of the molecule is Cl.O=C(C1CCCNC1)N1CCC(O)CC1. The average molecular weight is 249 g/mol. The van der Waals surface area contributed by atoms with Crippen LogP contribution in [0.2, 0.25) is 0 Å². The van der Waals surface area contributed by atoms with Crippen LogP contribution in [0.3, 0.4) is 0 Å². The van der Waals surface area contributed by atoms with Crippen LogP contribution >= 0.6 is 12.4 Å². The highest BCUT2D eigenvalue weighted by Gasteiger charge is 2.28. The Morgan fingerprint density at radius 3 is 2.50 bits per heavy atom. The topological polar surface area (TPSA) is 52.6 Å². The highest BCUT2D eigenvalue weighted by Crippen LogP contribution is 2.17. The lowest BCUT2D eigenvalue weighted by Crippen LogP contribution is -2.46. The summed E-state index contributed by atoms with van der Waals surface area (Å²) >= 11 is 0. The minimum absolute atomic E-state index is 0. The molecule has 2 fully saturated rings. The molecular weight excluding hydrogens is 228 g/mol. The zero-order valence-electron chi connectivity index (χ0n) is 9.52. The summed E-state index contributed by atoms with van der Waals surface area (Å²) in [5, 5.41) is 12.6. The summed E-state index contributed by atoms with van der Waals surface area (Å²) in [5.41, 5.74) is 0. The maximum absolute atomic E-state index is 12.1. The molecule has 5 heteroatoms. The van der Waals surface area contributed by atoms with Gasteiger partial charge in [-0.15, -0.1) is 12.4 Å². The van der Waals surface area contributed by atoms with Gasteiger partial charge in [0.15, 0.2) is 0 Å². The number of likely N-dealkylation sites (tertiary alicyclic amines) is 1. The quantitative estimate of drug-likeness (QED) is 0.706. The Bertz CT molecular complexity index is 224. The standard InChI is InChI=1S/C11H20N2O2.ClH/c14-10-3-6-13(7-4-10)11(15)9-2-1-5-12-8-9;/h9-10,12,14H,1-8H2;1H. The van der Waals surface area contributed by atoms with Gasteiger partial charge in [-0.1, -0.05) is 0 Å². The summed E-state index contributed by atoms with van der Waals surface area (Å²) in [6.07, 6.45) is 3.41. The predicted molar refractivity (Wildman–Crippen MR) is 64.7 cm³/mol. The summed E-state index contributed by atoms with van der Waals surface area (Å²) in [6, 6.07) is 0. The van der Waals surface area contributed by atoms with Crippen LogP contribution in [0.4, 0.5) is 0 Å². The van der Waals surface area contributed by atoms with Gasteiger partial charge in [-0.2, -0.15) is 0 Å². The van der Waals surface area contributed by atoms with Gasteiger partial charge < -0.3 is 15.3 Å². The first-order valence-electron chi connectivity index (χ1n) is 5.95. The summed E-state index contributed by atoms with van der Waals surface area (Å²) in [6.45, 7) is 3.34. The lowest BCUT2D eigenvalue weighted by atomic mass is 9.96. The molecule has 0 aromatic carbocycles. The molecule has 1 unspecified atom stereocenters. The molecule has 0 radical (unpaired) electrons. The lowest BCUT2D eigenvalue weighted by Gasteiger charge is -2.33. The molecule has 94 valence electrons. The summed E-state index contributed by atoms with van der Waals surface area (Å²) in [5.74, 6) is 0.461. The van der Waals surface area contributed by atoms with E-state index in [-0.39, 0.29) is 30.3 Å². The number of carbonyl (C=O) groups excluding carboxylic acids is 1. The zero-order chi connectivity index (χ0) is 10.7. The molecule has 2 aliphatic heterocycles.